The van der Waals surface area contributed by atoms with Gasteiger partial charge in [-0.15, -0.1) is 0 Å². The van der Waals surface area contributed by atoms with Gasteiger partial charge >= 0.3 is 0 Å². The molecule has 1 aliphatic rings. The summed E-state index contributed by atoms with van der Waals surface area (Å²) in [5.41, 5.74) is 11.6. The Morgan fingerprint density at radius 2 is 1.59 bits per heavy atom. The lowest BCUT2D eigenvalue weighted by Crippen LogP contribution is -1.92. The summed E-state index contributed by atoms with van der Waals surface area (Å²) in [5, 5.41) is 0. The van der Waals surface area contributed by atoms with Gasteiger partial charge in [-0.2, -0.15) is 0 Å². The van der Waals surface area contributed by atoms with Gasteiger partial charge in [-0.05, 0) is 73.1 Å². The first-order valence-corrected chi connectivity index (χ1v) is 6.27. The number of benzene rings is 2. The van der Waals surface area contributed by atoms with Gasteiger partial charge in [0.25, 0.3) is 0 Å². The molecule has 3 rings (SSSR count). The molecule has 0 unspecified atom stereocenters. The van der Waals surface area contributed by atoms with E-state index in [1.165, 1.54) is 44.5 Å². The lowest BCUT2D eigenvalue weighted by atomic mass is 9.93. The average Bonchev–Trinajstić information content (AvgIpc) is 2.63. The molecule has 0 N–H and O–H groups in total. The van der Waals surface area contributed by atoms with E-state index in [-0.39, 0.29) is 0 Å². The number of hydrogen-bond donors (Lipinski definition) is 0. The fourth-order valence-electron chi connectivity index (χ4n) is 2.96. The van der Waals surface area contributed by atoms with Gasteiger partial charge < -0.3 is 0 Å². The highest BCUT2D eigenvalue weighted by atomic mass is 14.3. The van der Waals surface area contributed by atoms with Crippen LogP contribution in [0, 0.1) is 27.7 Å². The molecule has 0 amide bonds. The molecule has 0 aliphatic heterocycles. The smallest absolute Gasteiger partial charge is 0.00132 e. The summed E-state index contributed by atoms with van der Waals surface area (Å²) in [6, 6.07) is 9.21. The molecule has 0 heterocycles. The van der Waals surface area contributed by atoms with E-state index in [4.69, 9.17) is 0 Å². The largest absolute Gasteiger partial charge is 0.0590 e. The maximum Gasteiger partial charge on any atom is -0.00132 e. The highest BCUT2D eigenvalue weighted by Crippen LogP contribution is 2.41. The number of aryl methyl sites for hydroxylation is 2. The lowest BCUT2D eigenvalue weighted by Gasteiger charge is -2.12. The van der Waals surface area contributed by atoms with E-state index in [0.29, 0.717) is 0 Å². The molecule has 86 valence electrons. The maximum atomic E-state index is 2.37. The fraction of sp³-hybridized carbons (Fsp3) is 0.294. The van der Waals surface area contributed by atoms with Gasteiger partial charge in [-0.1, -0.05) is 29.8 Å². The van der Waals surface area contributed by atoms with Crippen molar-refractivity contribution in [3.63, 3.8) is 0 Å². The maximum absolute atomic E-state index is 2.37. The second-order valence-corrected chi connectivity index (χ2v) is 5.31. The molecule has 2 aromatic rings. The Kier molecular flexibility index (Phi) is 2.16. The summed E-state index contributed by atoms with van der Waals surface area (Å²) in [6.45, 7) is 8.89. The Bertz CT molecular complexity index is 618. The van der Waals surface area contributed by atoms with Crippen molar-refractivity contribution in [3.8, 4) is 11.1 Å². The van der Waals surface area contributed by atoms with Crippen LogP contribution in [0.15, 0.2) is 24.3 Å². The van der Waals surface area contributed by atoms with Gasteiger partial charge in [0, 0.05) is 0 Å². The summed E-state index contributed by atoms with van der Waals surface area (Å²) in [7, 11) is 0. The summed E-state index contributed by atoms with van der Waals surface area (Å²) >= 11 is 0. The molecule has 0 fully saturated rings. The van der Waals surface area contributed by atoms with E-state index in [9.17, 15) is 0 Å². The molecule has 0 nitrogen and oxygen atoms in total. The van der Waals surface area contributed by atoms with Gasteiger partial charge in [0.1, 0.15) is 0 Å². The molecule has 0 heteroatoms. The Labute approximate surface area is 103 Å². The van der Waals surface area contributed by atoms with E-state index >= 15 is 0 Å². The summed E-state index contributed by atoms with van der Waals surface area (Å²) < 4.78 is 0. The van der Waals surface area contributed by atoms with Crippen molar-refractivity contribution >= 4 is 0 Å². The topological polar surface area (TPSA) is 0 Å². The number of rotatable bonds is 0. The second kappa shape index (κ2) is 3.46. The number of hydrogen-bond acceptors (Lipinski definition) is 0. The SMILES string of the molecule is Cc1ccc2c(c1)-c1c(cc(C)c(C)c1C)C2. The van der Waals surface area contributed by atoms with E-state index in [1.54, 1.807) is 0 Å². The van der Waals surface area contributed by atoms with Gasteiger partial charge in [0.05, 0.1) is 0 Å². The Hall–Kier alpha value is -1.56. The molecular formula is C17H18. The molecule has 0 atom stereocenters. The molecule has 0 saturated heterocycles. The predicted octanol–water partition coefficient (Wildman–Crippen LogP) is 4.49. The van der Waals surface area contributed by atoms with Crippen LogP contribution in [-0.2, 0) is 6.42 Å². The molecule has 0 spiro atoms. The summed E-state index contributed by atoms with van der Waals surface area (Å²) in [4.78, 5) is 0. The first kappa shape index (κ1) is 10.6. The standard InChI is InChI=1S/C17H18/c1-10-5-6-14-9-15-8-11(2)12(3)13(4)17(15)16(14)7-10/h5-8H,9H2,1-4H3. The van der Waals surface area contributed by atoms with Crippen molar-refractivity contribution in [2.24, 2.45) is 0 Å². The Morgan fingerprint density at radius 3 is 2.35 bits per heavy atom. The second-order valence-electron chi connectivity index (χ2n) is 5.31. The summed E-state index contributed by atoms with van der Waals surface area (Å²) in [6.07, 6.45) is 1.10. The first-order chi connectivity index (χ1) is 8.08. The van der Waals surface area contributed by atoms with Crippen LogP contribution in [0.5, 0.6) is 0 Å². The molecule has 0 saturated carbocycles. The third-order valence-corrected chi connectivity index (χ3v) is 4.16. The zero-order valence-corrected chi connectivity index (χ0v) is 11.0. The zero-order chi connectivity index (χ0) is 12.2. The lowest BCUT2D eigenvalue weighted by molar-refractivity contribution is 1.20. The van der Waals surface area contributed by atoms with Crippen molar-refractivity contribution in [3.05, 3.63) is 57.6 Å². The van der Waals surface area contributed by atoms with Crippen molar-refractivity contribution < 1.29 is 0 Å². The van der Waals surface area contributed by atoms with E-state index in [0.717, 1.165) is 6.42 Å². The molecule has 0 aromatic heterocycles. The first-order valence-electron chi connectivity index (χ1n) is 6.27. The minimum atomic E-state index is 1.10. The predicted molar refractivity (Wildman–Crippen MR) is 73.6 cm³/mol. The Morgan fingerprint density at radius 1 is 0.824 bits per heavy atom. The fourth-order valence-corrected chi connectivity index (χ4v) is 2.96. The van der Waals surface area contributed by atoms with Crippen LogP contribution in [0.1, 0.15) is 33.4 Å². The van der Waals surface area contributed by atoms with E-state index in [2.05, 4.69) is 52.0 Å². The van der Waals surface area contributed by atoms with Crippen LogP contribution in [0.3, 0.4) is 0 Å². The van der Waals surface area contributed by atoms with Crippen molar-refractivity contribution in [2.75, 3.05) is 0 Å². The van der Waals surface area contributed by atoms with Crippen molar-refractivity contribution in [1.82, 2.24) is 0 Å². The average molecular weight is 222 g/mol. The van der Waals surface area contributed by atoms with Crippen LogP contribution in [0.4, 0.5) is 0 Å². The monoisotopic (exact) mass is 222 g/mol. The molecule has 2 aromatic carbocycles. The summed E-state index contributed by atoms with van der Waals surface area (Å²) in [5.74, 6) is 0. The molecular weight excluding hydrogens is 204 g/mol. The van der Waals surface area contributed by atoms with Gasteiger partial charge in [-0.25, -0.2) is 0 Å². The van der Waals surface area contributed by atoms with Crippen LogP contribution in [0.2, 0.25) is 0 Å². The normalized spacial score (nSPS) is 12.5. The van der Waals surface area contributed by atoms with Crippen molar-refractivity contribution in [1.29, 1.82) is 0 Å². The highest BCUT2D eigenvalue weighted by Gasteiger charge is 2.21. The third kappa shape index (κ3) is 1.44. The third-order valence-electron chi connectivity index (χ3n) is 4.16. The van der Waals surface area contributed by atoms with Crippen LogP contribution >= 0.6 is 0 Å². The van der Waals surface area contributed by atoms with Crippen LogP contribution in [0.25, 0.3) is 11.1 Å². The van der Waals surface area contributed by atoms with Crippen molar-refractivity contribution in [2.45, 2.75) is 34.1 Å². The molecule has 0 radical (unpaired) electrons. The molecule has 1 aliphatic carbocycles. The minimum absolute atomic E-state index is 1.10. The molecule has 0 bridgehead atoms. The Balaban J connectivity index is 2.35. The zero-order valence-electron chi connectivity index (χ0n) is 11.0. The highest BCUT2D eigenvalue weighted by molar-refractivity contribution is 5.81. The van der Waals surface area contributed by atoms with Crippen LogP contribution < -0.4 is 0 Å². The van der Waals surface area contributed by atoms with Gasteiger partial charge in [-0.3, -0.25) is 0 Å². The molecule has 17 heavy (non-hydrogen) atoms. The van der Waals surface area contributed by atoms with E-state index < -0.39 is 0 Å². The van der Waals surface area contributed by atoms with Gasteiger partial charge in [0.15, 0.2) is 0 Å². The van der Waals surface area contributed by atoms with Gasteiger partial charge in [0.2, 0.25) is 0 Å². The minimum Gasteiger partial charge on any atom is -0.0590 e. The number of fused-ring (bicyclic) bond motifs is 3. The van der Waals surface area contributed by atoms with Crippen LogP contribution in [-0.4, -0.2) is 0 Å². The van der Waals surface area contributed by atoms with E-state index in [1.807, 2.05) is 0 Å². The quantitative estimate of drug-likeness (QED) is 0.525.